The van der Waals surface area contributed by atoms with Crippen LogP contribution < -0.4 is 10.6 Å². The van der Waals surface area contributed by atoms with Crippen molar-refractivity contribution in [3.63, 3.8) is 0 Å². The van der Waals surface area contributed by atoms with Crippen LogP contribution in [0.25, 0.3) is 17.2 Å². The zero-order valence-electron chi connectivity index (χ0n) is 18.5. The molecule has 1 aliphatic rings. The lowest BCUT2D eigenvalue weighted by Gasteiger charge is -2.14. The Morgan fingerprint density at radius 2 is 1.62 bits per heavy atom. The van der Waals surface area contributed by atoms with E-state index < -0.39 is 24.0 Å². The fourth-order valence-corrected chi connectivity index (χ4v) is 3.97. The van der Waals surface area contributed by atoms with Crippen molar-refractivity contribution in [2.24, 2.45) is 0 Å². The maximum atomic E-state index is 12.5. The molecule has 3 aromatic rings. The molecule has 7 heteroatoms. The smallest absolute Gasteiger partial charge is 0.411 e. The molecule has 0 saturated heterocycles. The van der Waals surface area contributed by atoms with Crippen molar-refractivity contribution < 1.29 is 24.2 Å². The van der Waals surface area contributed by atoms with Gasteiger partial charge in [-0.25, -0.2) is 4.79 Å². The van der Waals surface area contributed by atoms with Gasteiger partial charge in [-0.05, 0) is 52.9 Å². The minimum Gasteiger partial charge on any atom is -0.480 e. The summed E-state index contributed by atoms with van der Waals surface area (Å²) in [5, 5.41) is 13.9. The summed E-state index contributed by atoms with van der Waals surface area (Å²) in [5.74, 6) is -1.67. The average Bonchev–Trinajstić information content (AvgIpc) is 3.15. The van der Waals surface area contributed by atoms with Crippen molar-refractivity contribution in [1.82, 2.24) is 5.32 Å². The van der Waals surface area contributed by atoms with Crippen molar-refractivity contribution >= 4 is 29.7 Å². The third kappa shape index (κ3) is 5.15. The molecule has 3 N–H and O–H groups in total. The number of ether oxygens (including phenoxy) is 1. The number of hydrogen-bond acceptors (Lipinski definition) is 4. The van der Waals surface area contributed by atoms with Crippen molar-refractivity contribution in [2.45, 2.75) is 18.9 Å². The van der Waals surface area contributed by atoms with Crippen LogP contribution in [-0.2, 0) is 14.3 Å². The van der Waals surface area contributed by atoms with Crippen molar-refractivity contribution in [2.75, 3.05) is 11.9 Å². The molecule has 0 radical (unpaired) electrons. The Hall–Kier alpha value is -4.39. The van der Waals surface area contributed by atoms with Crippen LogP contribution in [0.15, 0.2) is 78.9 Å². The van der Waals surface area contributed by atoms with Gasteiger partial charge in [0, 0.05) is 17.7 Å². The van der Waals surface area contributed by atoms with E-state index in [1.807, 2.05) is 24.3 Å². The highest BCUT2D eigenvalue weighted by Gasteiger charge is 2.29. The van der Waals surface area contributed by atoms with Crippen molar-refractivity contribution in [3.05, 3.63) is 95.6 Å². The highest BCUT2D eigenvalue weighted by Crippen LogP contribution is 2.44. The summed E-state index contributed by atoms with van der Waals surface area (Å²) in [6.45, 7) is 1.59. The number of hydrogen-bond donors (Lipinski definition) is 3. The summed E-state index contributed by atoms with van der Waals surface area (Å²) in [7, 11) is 0. The van der Waals surface area contributed by atoms with Crippen LogP contribution in [0.3, 0.4) is 0 Å². The molecule has 3 aromatic carbocycles. The second-order valence-corrected chi connectivity index (χ2v) is 7.98. The van der Waals surface area contributed by atoms with E-state index >= 15 is 0 Å². The van der Waals surface area contributed by atoms with E-state index in [9.17, 15) is 14.4 Å². The topological polar surface area (TPSA) is 105 Å². The van der Waals surface area contributed by atoms with E-state index in [0.29, 0.717) is 11.3 Å². The van der Waals surface area contributed by atoms with E-state index in [2.05, 4.69) is 34.9 Å². The minimum absolute atomic E-state index is 0.0286. The molecule has 0 aliphatic heterocycles. The van der Waals surface area contributed by atoms with Gasteiger partial charge in [0.15, 0.2) is 0 Å². The number of anilines is 1. The lowest BCUT2D eigenvalue weighted by molar-refractivity contribution is -0.140. The molecule has 0 unspecified atom stereocenters. The van der Waals surface area contributed by atoms with Gasteiger partial charge in [0.05, 0.1) is 0 Å². The second kappa shape index (κ2) is 10.0. The molecular formula is C27H24N2O5. The molecule has 0 spiro atoms. The third-order valence-corrected chi connectivity index (χ3v) is 5.63. The Bertz CT molecular complexity index is 1220. The molecule has 0 fully saturated rings. The van der Waals surface area contributed by atoms with Crippen LogP contribution >= 0.6 is 0 Å². The standard InChI is InChI=1S/C27H24N2O5/c1-17(26(31)32)28-25(30)14-13-18-7-6-8-19(15-18)29-27(33)34-16-24-22-11-4-2-9-20(22)21-10-3-5-12-23(21)24/h2-15,17,24H,16H2,1H3,(H,28,30)(H,29,33)(H,31,32)/b14-13+/t17-/m0/s1. The third-order valence-electron chi connectivity index (χ3n) is 5.63. The first-order valence-electron chi connectivity index (χ1n) is 10.9. The van der Waals surface area contributed by atoms with E-state index in [0.717, 1.165) is 22.3 Å². The Kier molecular flexibility index (Phi) is 6.73. The summed E-state index contributed by atoms with van der Waals surface area (Å²) < 4.78 is 5.56. The molecule has 7 nitrogen and oxygen atoms in total. The highest BCUT2D eigenvalue weighted by molar-refractivity contribution is 5.94. The SMILES string of the molecule is C[C@H](NC(=O)/C=C/c1cccc(NC(=O)OCC2c3ccccc3-c3ccccc32)c1)C(=O)O. The van der Waals surface area contributed by atoms with Crippen LogP contribution in [0.5, 0.6) is 0 Å². The molecule has 0 bridgehead atoms. The average molecular weight is 456 g/mol. The molecular weight excluding hydrogens is 432 g/mol. The number of carboxylic acid groups (broad SMARTS) is 1. The molecule has 34 heavy (non-hydrogen) atoms. The zero-order chi connectivity index (χ0) is 24.1. The number of aliphatic carboxylic acids is 1. The number of benzene rings is 3. The number of fused-ring (bicyclic) bond motifs is 3. The molecule has 0 aromatic heterocycles. The van der Waals surface area contributed by atoms with E-state index in [-0.39, 0.29) is 12.5 Å². The second-order valence-electron chi connectivity index (χ2n) is 7.98. The quantitative estimate of drug-likeness (QED) is 0.449. The number of carbonyl (C=O) groups is 3. The Morgan fingerprint density at radius 1 is 0.971 bits per heavy atom. The normalized spacial score (nSPS) is 13.1. The minimum atomic E-state index is -1.11. The van der Waals surface area contributed by atoms with Crippen molar-refractivity contribution in [3.8, 4) is 11.1 Å². The molecule has 0 heterocycles. The largest absolute Gasteiger partial charge is 0.480 e. The number of carboxylic acids is 1. The van der Waals surface area contributed by atoms with Gasteiger partial charge in [-0.1, -0.05) is 60.7 Å². The Morgan fingerprint density at radius 3 is 2.26 bits per heavy atom. The van der Waals surface area contributed by atoms with Gasteiger partial charge in [-0.2, -0.15) is 0 Å². The summed E-state index contributed by atoms with van der Waals surface area (Å²) in [4.78, 5) is 35.1. The van der Waals surface area contributed by atoms with Gasteiger partial charge in [-0.15, -0.1) is 0 Å². The first kappa shape index (κ1) is 22.8. The van der Waals surface area contributed by atoms with E-state index in [1.165, 1.54) is 19.1 Å². The summed E-state index contributed by atoms with van der Waals surface area (Å²) in [5.41, 5.74) is 5.77. The molecule has 172 valence electrons. The van der Waals surface area contributed by atoms with Gasteiger partial charge in [0.25, 0.3) is 0 Å². The maximum Gasteiger partial charge on any atom is 0.411 e. The maximum absolute atomic E-state index is 12.5. The first-order chi connectivity index (χ1) is 16.4. The number of amides is 2. The van der Waals surface area contributed by atoms with E-state index in [1.54, 1.807) is 24.3 Å². The molecule has 1 aliphatic carbocycles. The summed E-state index contributed by atoms with van der Waals surface area (Å²) in [6.07, 6.45) is 2.20. The fraction of sp³-hybridized carbons (Fsp3) is 0.148. The Labute approximate surface area is 197 Å². The molecule has 4 rings (SSSR count). The van der Waals surface area contributed by atoms with Gasteiger partial charge in [0.1, 0.15) is 12.6 Å². The fourth-order valence-electron chi connectivity index (χ4n) is 3.97. The Balaban J connectivity index is 1.37. The lowest BCUT2D eigenvalue weighted by Crippen LogP contribution is -2.37. The molecule has 1 atom stereocenters. The number of nitrogens with one attached hydrogen (secondary N) is 2. The predicted octanol–water partition coefficient (Wildman–Crippen LogP) is 4.65. The van der Waals surface area contributed by atoms with Crippen LogP contribution in [0, 0.1) is 0 Å². The monoisotopic (exact) mass is 456 g/mol. The molecule has 2 amide bonds. The van der Waals surface area contributed by atoms with Gasteiger partial charge >= 0.3 is 12.1 Å². The first-order valence-corrected chi connectivity index (χ1v) is 10.9. The van der Waals surface area contributed by atoms with Gasteiger partial charge in [-0.3, -0.25) is 14.9 Å². The van der Waals surface area contributed by atoms with Crippen LogP contribution in [0.4, 0.5) is 10.5 Å². The summed E-state index contributed by atoms with van der Waals surface area (Å²) in [6, 6.07) is 22.2. The van der Waals surface area contributed by atoms with Crippen LogP contribution in [0.2, 0.25) is 0 Å². The zero-order valence-corrected chi connectivity index (χ0v) is 18.5. The highest BCUT2D eigenvalue weighted by atomic mass is 16.5. The number of carbonyl (C=O) groups excluding carboxylic acids is 2. The lowest BCUT2D eigenvalue weighted by atomic mass is 9.98. The predicted molar refractivity (Wildman–Crippen MR) is 129 cm³/mol. The van der Waals surface area contributed by atoms with E-state index in [4.69, 9.17) is 9.84 Å². The molecule has 0 saturated carbocycles. The summed E-state index contributed by atoms with van der Waals surface area (Å²) >= 11 is 0. The van der Waals surface area contributed by atoms with Crippen LogP contribution in [0.1, 0.15) is 29.5 Å². The van der Waals surface area contributed by atoms with Crippen LogP contribution in [-0.4, -0.2) is 35.7 Å². The van der Waals surface area contributed by atoms with Gasteiger partial charge < -0.3 is 15.2 Å². The number of rotatable bonds is 7. The van der Waals surface area contributed by atoms with Gasteiger partial charge in [0.2, 0.25) is 5.91 Å². The van der Waals surface area contributed by atoms with Crippen molar-refractivity contribution in [1.29, 1.82) is 0 Å².